The average Bonchev–Trinajstić information content (AvgIpc) is 2.95. The maximum absolute atomic E-state index is 11.8. The van der Waals surface area contributed by atoms with E-state index in [-0.39, 0.29) is 11.6 Å². The molecule has 0 fully saturated rings. The van der Waals surface area contributed by atoms with Gasteiger partial charge >= 0.3 is 0 Å². The zero-order valence-corrected chi connectivity index (χ0v) is 9.45. The van der Waals surface area contributed by atoms with Gasteiger partial charge < -0.3 is 11.1 Å². The van der Waals surface area contributed by atoms with Gasteiger partial charge in [-0.3, -0.25) is 15.0 Å². The number of hydrogen-bond acceptors (Lipinski definition) is 4. The summed E-state index contributed by atoms with van der Waals surface area (Å²) in [6.07, 6.45) is 4.07. The number of nitrogens with one attached hydrogen (secondary N) is 3. The van der Waals surface area contributed by atoms with Crippen LogP contribution in [0.1, 0.15) is 28.7 Å². The number of nitrogens with zero attached hydrogens (tertiary/aromatic N) is 2. The zero-order chi connectivity index (χ0) is 12.3. The lowest BCUT2D eigenvalue weighted by Crippen LogP contribution is -2.23. The predicted octanol–water partition coefficient (Wildman–Crippen LogP) is 0.207. The molecule has 7 heteroatoms. The quantitative estimate of drug-likeness (QED) is 0.605. The zero-order valence-electron chi connectivity index (χ0n) is 9.45. The minimum absolute atomic E-state index is 0.241. The second kappa shape index (κ2) is 4.69. The van der Waals surface area contributed by atoms with Gasteiger partial charge in [0.15, 0.2) is 5.69 Å². The fourth-order valence-electron chi connectivity index (χ4n) is 1.47. The Morgan fingerprint density at radius 2 is 2.41 bits per heavy atom. The van der Waals surface area contributed by atoms with Crippen LogP contribution >= 0.6 is 0 Å². The molecule has 5 N–H and O–H groups in total. The predicted molar refractivity (Wildman–Crippen MR) is 62.1 cm³/mol. The summed E-state index contributed by atoms with van der Waals surface area (Å²) in [5.74, 6) is -0.292. The van der Waals surface area contributed by atoms with Gasteiger partial charge in [0.2, 0.25) is 0 Å². The monoisotopic (exact) mass is 234 g/mol. The van der Waals surface area contributed by atoms with Crippen molar-refractivity contribution in [2.45, 2.75) is 19.9 Å². The van der Waals surface area contributed by atoms with Crippen LogP contribution in [-0.4, -0.2) is 26.3 Å². The molecule has 0 aliphatic rings. The molecule has 0 atom stereocenters. The number of carbonyl (C=O) groups is 1. The number of hydrogen-bond donors (Lipinski definition) is 4. The first-order valence-corrected chi connectivity index (χ1v) is 5.31. The van der Waals surface area contributed by atoms with Crippen LogP contribution in [-0.2, 0) is 13.0 Å². The first kappa shape index (κ1) is 11.2. The molecular weight excluding hydrogens is 220 g/mol. The summed E-state index contributed by atoms with van der Waals surface area (Å²) in [6.45, 7) is 2.33. The second-order valence-corrected chi connectivity index (χ2v) is 3.61. The molecule has 0 spiro atoms. The van der Waals surface area contributed by atoms with Gasteiger partial charge in [0, 0.05) is 18.3 Å². The molecule has 0 saturated heterocycles. The molecule has 2 heterocycles. The van der Waals surface area contributed by atoms with E-state index in [1.165, 1.54) is 0 Å². The van der Waals surface area contributed by atoms with E-state index in [1.807, 2.05) is 6.92 Å². The number of rotatable bonds is 4. The largest absolute Gasteiger partial charge is 0.395 e. The Labute approximate surface area is 97.8 Å². The van der Waals surface area contributed by atoms with Crippen LogP contribution in [0.25, 0.3) is 0 Å². The lowest BCUT2D eigenvalue weighted by atomic mass is 10.2. The molecule has 0 radical (unpaired) electrons. The molecule has 0 aliphatic carbocycles. The lowest BCUT2D eigenvalue weighted by molar-refractivity contribution is 0.0947. The summed E-state index contributed by atoms with van der Waals surface area (Å²) in [5.41, 5.74) is 8.11. The van der Waals surface area contributed by atoms with Crippen LogP contribution in [0.5, 0.6) is 0 Å². The molecule has 0 bridgehead atoms. The van der Waals surface area contributed by atoms with Crippen molar-refractivity contribution in [2.75, 3.05) is 5.73 Å². The number of aryl methyl sites for hydroxylation is 1. The smallest absolute Gasteiger partial charge is 0.274 e. The lowest BCUT2D eigenvalue weighted by Gasteiger charge is -2.01. The van der Waals surface area contributed by atoms with Crippen LogP contribution in [0.15, 0.2) is 12.4 Å². The summed E-state index contributed by atoms with van der Waals surface area (Å²) in [5, 5.41) is 15.8. The number of nitrogen functional groups attached to an aromatic ring is 1. The molecule has 7 nitrogen and oxygen atoms in total. The molecular formula is C10H14N6O. The maximum atomic E-state index is 11.8. The highest BCUT2D eigenvalue weighted by atomic mass is 16.1. The molecule has 0 aromatic carbocycles. The summed E-state index contributed by atoms with van der Waals surface area (Å²) in [6, 6.07) is 0. The van der Waals surface area contributed by atoms with Crippen molar-refractivity contribution >= 4 is 11.6 Å². The van der Waals surface area contributed by atoms with Crippen molar-refractivity contribution in [3.8, 4) is 0 Å². The highest BCUT2D eigenvalue weighted by Gasteiger charge is 2.15. The van der Waals surface area contributed by atoms with Gasteiger partial charge in [0.05, 0.1) is 17.6 Å². The van der Waals surface area contributed by atoms with E-state index in [1.54, 1.807) is 12.4 Å². The standard InChI is InChI=1S/C10H14N6O/c1-2-7-8(11)9(16-15-7)10(17)12-3-6-4-13-14-5-6/h4-5H,2-3,11H2,1H3,(H,12,17)(H,13,14)(H,15,16). The number of aromatic amines is 2. The summed E-state index contributed by atoms with van der Waals surface area (Å²) < 4.78 is 0. The molecule has 2 aromatic heterocycles. The number of H-pyrrole nitrogens is 2. The number of aromatic nitrogens is 4. The van der Waals surface area contributed by atoms with Crippen LogP contribution in [0.2, 0.25) is 0 Å². The van der Waals surface area contributed by atoms with Crippen LogP contribution < -0.4 is 11.1 Å². The van der Waals surface area contributed by atoms with Gasteiger partial charge in [-0.1, -0.05) is 6.92 Å². The third kappa shape index (κ3) is 2.27. The fraction of sp³-hybridized carbons (Fsp3) is 0.300. The van der Waals surface area contributed by atoms with Crippen molar-refractivity contribution in [3.05, 3.63) is 29.3 Å². The molecule has 2 rings (SSSR count). The number of carbonyl (C=O) groups excluding carboxylic acids is 1. The maximum Gasteiger partial charge on any atom is 0.274 e. The van der Waals surface area contributed by atoms with Gasteiger partial charge in [-0.15, -0.1) is 0 Å². The Balaban J connectivity index is 2.02. The van der Waals surface area contributed by atoms with Crippen molar-refractivity contribution in [3.63, 3.8) is 0 Å². The SMILES string of the molecule is CCc1[nH]nc(C(=O)NCc2cn[nH]c2)c1N. The minimum atomic E-state index is -0.292. The summed E-state index contributed by atoms with van der Waals surface area (Å²) in [4.78, 5) is 11.8. The highest BCUT2D eigenvalue weighted by Crippen LogP contribution is 2.14. The molecule has 0 unspecified atom stereocenters. The minimum Gasteiger partial charge on any atom is -0.395 e. The van der Waals surface area contributed by atoms with Crippen LogP contribution in [0.3, 0.4) is 0 Å². The Bertz CT molecular complexity index is 501. The van der Waals surface area contributed by atoms with Gasteiger partial charge in [-0.05, 0) is 6.42 Å². The van der Waals surface area contributed by atoms with Crippen molar-refractivity contribution in [1.82, 2.24) is 25.7 Å². The fourth-order valence-corrected chi connectivity index (χ4v) is 1.47. The molecule has 0 aliphatic heterocycles. The van der Waals surface area contributed by atoms with Gasteiger partial charge in [-0.25, -0.2) is 0 Å². The van der Waals surface area contributed by atoms with Gasteiger partial charge in [0.1, 0.15) is 0 Å². The van der Waals surface area contributed by atoms with Crippen molar-refractivity contribution < 1.29 is 4.79 Å². The average molecular weight is 234 g/mol. The number of nitrogens with two attached hydrogens (primary N) is 1. The Morgan fingerprint density at radius 3 is 3.00 bits per heavy atom. The molecule has 2 aromatic rings. The Morgan fingerprint density at radius 1 is 1.59 bits per heavy atom. The van der Waals surface area contributed by atoms with E-state index in [9.17, 15) is 4.79 Å². The first-order chi connectivity index (χ1) is 8.22. The van der Waals surface area contributed by atoms with Gasteiger partial charge in [0.25, 0.3) is 5.91 Å². The summed E-state index contributed by atoms with van der Waals surface area (Å²) >= 11 is 0. The highest BCUT2D eigenvalue weighted by molar-refractivity contribution is 5.97. The molecule has 1 amide bonds. The van der Waals surface area contributed by atoms with Crippen LogP contribution in [0, 0.1) is 0 Å². The molecule has 17 heavy (non-hydrogen) atoms. The van der Waals surface area contributed by atoms with E-state index in [0.29, 0.717) is 18.7 Å². The Kier molecular flexibility index (Phi) is 3.08. The van der Waals surface area contributed by atoms with Crippen molar-refractivity contribution in [1.29, 1.82) is 0 Å². The Hall–Kier alpha value is -2.31. The normalized spacial score (nSPS) is 10.4. The van der Waals surface area contributed by atoms with E-state index >= 15 is 0 Å². The first-order valence-electron chi connectivity index (χ1n) is 5.31. The van der Waals surface area contributed by atoms with Crippen molar-refractivity contribution in [2.24, 2.45) is 0 Å². The van der Waals surface area contributed by atoms with Crippen LogP contribution in [0.4, 0.5) is 5.69 Å². The van der Waals surface area contributed by atoms with E-state index in [0.717, 1.165) is 11.3 Å². The third-order valence-corrected chi connectivity index (χ3v) is 2.46. The number of anilines is 1. The molecule has 0 saturated carbocycles. The van der Waals surface area contributed by atoms with E-state index in [4.69, 9.17) is 5.73 Å². The summed E-state index contributed by atoms with van der Waals surface area (Å²) in [7, 11) is 0. The third-order valence-electron chi connectivity index (χ3n) is 2.46. The second-order valence-electron chi connectivity index (χ2n) is 3.61. The van der Waals surface area contributed by atoms with E-state index < -0.39 is 0 Å². The molecule has 90 valence electrons. The van der Waals surface area contributed by atoms with E-state index in [2.05, 4.69) is 25.7 Å². The van der Waals surface area contributed by atoms with Gasteiger partial charge in [-0.2, -0.15) is 10.2 Å². The topological polar surface area (TPSA) is 112 Å². The number of amides is 1.